The molecule has 0 bridgehead atoms. The molecule has 0 aliphatic rings. The monoisotopic (exact) mass is 528 g/mol. The minimum Gasteiger partial charge on any atom is -0.487 e. The van der Waals surface area contributed by atoms with Crippen molar-refractivity contribution in [2.75, 3.05) is 5.75 Å². The first-order valence-electron chi connectivity index (χ1n) is 11.9. The van der Waals surface area contributed by atoms with Gasteiger partial charge in [0.15, 0.2) is 0 Å². The Morgan fingerprint density at radius 2 is 1.89 bits per heavy atom. The summed E-state index contributed by atoms with van der Waals surface area (Å²) in [7, 11) is 0. The summed E-state index contributed by atoms with van der Waals surface area (Å²) in [6.45, 7) is 8.07. The summed E-state index contributed by atoms with van der Waals surface area (Å²) in [6.07, 6.45) is 0.409. The van der Waals surface area contributed by atoms with Crippen molar-refractivity contribution < 1.29 is 19.4 Å². The fourth-order valence-corrected chi connectivity index (χ4v) is 5.37. The van der Waals surface area contributed by atoms with E-state index in [0.717, 1.165) is 22.2 Å². The highest BCUT2D eigenvalue weighted by atomic mass is 35.5. The first-order valence-corrected chi connectivity index (χ1v) is 13.4. The summed E-state index contributed by atoms with van der Waals surface area (Å²) in [4.78, 5) is 28.3. The Labute approximate surface area is 221 Å². The fraction of sp³-hybridized carbons (Fsp3) is 0.393. The Kier molecular flexibility index (Phi) is 9.63. The smallest absolute Gasteiger partial charge is 0.303 e. The molecule has 0 radical (unpaired) electrons. The molecule has 2 unspecified atom stereocenters. The number of carbonyl (C=O) groups excluding carboxylic acids is 1. The van der Waals surface area contributed by atoms with Crippen molar-refractivity contribution in [2.45, 2.75) is 57.9 Å². The van der Waals surface area contributed by atoms with Crippen LogP contribution < -0.4 is 10.1 Å². The number of fused-ring (bicyclic) bond motifs is 1. The lowest BCUT2D eigenvalue weighted by Gasteiger charge is -2.24. The van der Waals surface area contributed by atoms with E-state index in [-0.39, 0.29) is 29.0 Å². The van der Waals surface area contributed by atoms with Gasteiger partial charge in [-0.2, -0.15) is 11.8 Å². The van der Waals surface area contributed by atoms with Crippen LogP contribution in [-0.4, -0.2) is 33.3 Å². The highest BCUT2D eigenvalue weighted by Crippen LogP contribution is 2.39. The molecule has 1 aromatic heterocycles. The number of hydrogen-bond donors (Lipinski definition) is 2. The predicted octanol–water partition coefficient (Wildman–Crippen LogP) is 6.66. The van der Waals surface area contributed by atoms with E-state index in [1.54, 1.807) is 11.8 Å². The Balaban J connectivity index is 1.69. The summed E-state index contributed by atoms with van der Waals surface area (Å²) in [5.74, 6) is 0.291. The van der Waals surface area contributed by atoms with Crippen LogP contribution in [0.25, 0.3) is 10.9 Å². The van der Waals surface area contributed by atoms with Crippen LogP contribution in [0.1, 0.15) is 57.0 Å². The number of carboxylic acid groups (broad SMARTS) is 1. The number of amides is 1. The van der Waals surface area contributed by atoms with Crippen molar-refractivity contribution in [3.05, 3.63) is 70.9 Å². The van der Waals surface area contributed by atoms with E-state index in [0.29, 0.717) is 29.6 Å². The molecule has 2 N–H and O–H groups in total. The van der Waals surface area contributed by atoms with Gasteiger partial charge < -0.3 is 15.2 Å². The molecule has 2 aromatic carbocycles. The topological polar surface area (TPSA) is 88.5 Å². The number of halogens is 1. The van der Waals surface area contributed by atoms with Crippen LogP contribution in [0, 0.1) is 5.92 Å². The Morgan fingerprint density at radius 1 is 1.14 bits per heavy atom. The number of thioether (sulfide) groups is 1. The predicted molar refractivity (Wildman–Crippen MR) is 147 cm³/mol. The van der Waals surface area contributed by atoms with Crippen LogP contribution in [-0.2, 0) is 16.2 Å². The number of carboxylic acids is 1. The number of carbonyl (C=O) groups is 2. The van der Waals surface area contributed by atoms with E-state index >= 15 is 0 Å². The van der Waals surface area contributed by atoms with Gasteiger partial charge in [0.1, 0.15) is 12.4 Å². The van der Waals surface area contributed by atoms with Gasteiger partial charge in [0.2, 0.25) is 5.91 Å². The number of hydrogen-bond acceptors (Lipinski definition) is 5. The number of ether oxygens (including phenoxy) is 1. The summed E-state index contributed by atoms with van der Waals surface area (Å²) in [6, 6.07) is 17.2. The average molecular weight is 529 g/mol. The van der Waals surface area contributed by atoms with Crippen LogP contribution in [0.15, 0.2) is 54.6 Å². The molecule has 0 saturated heterocycles. The molecular formula is C28H33ClN2O4S. The van der Waals surface area contributed by atoms with Gasteiger partial charge in [-0.3, -0.25) is 9.59 Å². The van der Waals surface area contributed by atoms with Crippen LogP contribution in [0.5, 0.6) is 5.75 Å². The first kappa shape index (κ1) is 27.8. The summed E-state index contributed by atoms with van der Waals surface area (Å²) in [5.41, 5.74) is 2.29. The fourth-order valence-electron chi connectivity index (χ4n) is 3.88. The van der Waals surface area contributed by atoms with Crippen molar-refractivity contribution >= 4 is 46.1 Å². The second-order valence-corrected chi connectivity index (χ2v) is 11.6. The molecule has 8 heteroatoms. The van der Waals surface area contributed by atoms with Gasteiger partial charge in [0, 0.05) is 39.8 Å². The van der Waals surface area contributed by atoms with Crippen LogP contribution >= 0.6 is 23.4 Å². The lowest BCUT2D eigenvalue weighted by molar-refractivity contribution is -0.138. The van der Waals surface area contributed by atoms with E-state index in [1.165, 1.54) is 0 Å². The number of nitrogens with one attached hydrogen (secondary N) is 1. The molecule has 0 saturated carbocycles. The number of pyridine rings is 1. The van der Waals surface area contributed by atoms with E-state index in [9.17, 15) is 14.7 Å². The van der Waals surface area contributed by atoms with Crippen molar-refractivity contribution in [2.24, 2.45) is 5.92 Å². The molecule has 192 valence electrons. The molecule has 6 nitrogen and oxygen atoms in total. The highest BCUT2D eigenvalue weighted by molar-refractivity contribution is 7.99. The molecule has 1 heterocycles. The molecule has 3 aromatic rings. The molecule has 36 heavy (non-hydrogen) atoms. The second kappa shape index (κ2) is 12.5. The third-order valence-electron chi connectivity index (χ3n) is 5.44. The molecule has 0 aliphatic heterocycles. The van der Waals surface area contributed by atoms with Gasteiger partial charge in [-0.15, -0.1) is 0 Å². The van der Waals surface area contributed by atoms with Gasteiger partial charge >= 0.3 is 5.97 Å². The average Bonchev–Trinajstić information content (AvgIpc) is 2.78. The molecule has 0 spiro atoms. The van der Waals surface area contributed by atoms with E-state index in [4.69, 9.17) is 16.3 Å². The second-order valence-electron chi connectivity index (χ2n) is 9.92. The van der Waals surface area contributed by atoms with Crippen molar-refractivity contribution in [1.29, 1.82) is 0 Å². The molecule has 2 atom stereocenters. The SMILES string of the molecule is CC(CC(=O)O)C(SCCC(=O)NC(C)(C)C)c1cccc(OCc2ccc3ccc(Cl)cc3n2)c1. The Morgan fingerprint density at radius 3 is 2.61 bits per heavy atom. The zero-order valence-corrected chi connectivity index (χ0v) is 22.7. The van der Waals surface area contributed by atoms with Gasteiger partial charge in [-0.05, 0) is 62.6 Å². The number of aromatic nitrogens is 1. The van der Waals surface area contributed by atoms with Crippen molar-refractivity contribution in [1.82, 2.24) is 10.3 Å². The van der Waals surface area contributed by atoms with Gasteiger partial charge in [-0.1, -0.05) is 42.8 Å². The Hall–Kier alpha value is -2.77. The largest absolute Gasteiger partial charge is 0.487 e. The summed E-state index contributed by atoms with van der Waals surface area (Å²) < 4.78 is 6.04. The quantitative estimate of drug-likeness (QED) is 0.289. The van der Waals surface area contributed by atoms with E-state index < -0.39 is 5.97 Å². The van der Waals surface area contributed by atoms with Gasteiger partial charge in [-0.25, -0.2) is 4.98 Å². The Bertz CT molecular complexity index is 1210. The van der Waals surface area contributed by atoms with Crippen LogP contribution in [0.4, 0.5) is 0 Å². The number of aliphatic carboxylic acids is 1. The van der Waals surface area contributed by atoms with Crippen LogP contribution in [0.2, 0.25) is 5.02 Å². The van der Waals surface area contributed by atoms with Gasteiger partial charge in [0.25, 0.3) is 0 Å². The highest BCUT2D eigenvalue weighted by Gasteiger charge is 2.23. The molecular weight excluding hydrogens is 496 g/mol. The first-order chi connectivity index (χ1) is 17.0. The maximum atomic E-state index is 12.2. The third kappa shape index (κ3) is 8.71. The number of nitrogens with zero attached hydrogens (tertiary/aromatic N) is 1. The van der Waals surface area contributed by atoms with Crippen molar-refractivity contribution in [3.63, 3.8) is 0 Å². The van der Waals surface area contributed by atoms with Gasteiger partial charge in [0.05, 0.1) is 11.2 Å². The normalized spacial score (nSPS) is 13.2. The molecule has 0 fully saturated rings. The van der Waals surface area contributed by atoms with E-state index in [1.807, 2.05) is 82.3 Å². The molecule has 0 aliphatic carbocycles. The lowest BCUT2D eigenvalue weighted by Crippen LogP contribution is -2.40. The minimum atomic E-state index is -0.839. The standard InChI is InChI=1S/C28H33ClN2O4S/c1-18(14-26(33)34)27(36-13-12-25(32)31-28(2,3)4)20-6-5-7-23(15-20)35-17-22-11-9-19-8-10-21(29)16-24(19)30-22/h5-11,15-16,18,27H,12-14,17H2,1-4H3,(H,31,32)(H,33,34). The minimum absolute atomic E-state index is 0.0131. The third-order valence-corrected chi connectivity index (χ3v) is 7.21. The number of rotatable bonds is 11. The zero-order valence-electron chi connectivity index (χ0n) is 21.1. The lowest BCUT2D eigenvalue weighted by atomic mass is 9.97. The summed E-state index contributed by atoms with van der Waals surface area (Å²) >= 11 is 7.70. The zero-order chi connectivity index (χ0) is 26.3. The van der Waals surface area contributed by atoms with Crippen LogP contribution in [0.3, 0.4) is 0 Å². The maximum absolute atomic E-state index is 12.2. The maximum Gasteiger partial charge on any atom is 0.303 e. The summed E-state index contributed by atoms with van der Waals surface area (Å²) in [5, 5.41) is 13.9. The van der Waals surface area contributed by atoms with E-state index in [2.05, 4.69) is 10.3 Å². The number of benzene rings is 2. The molecule has 1 amide bonds. The molecule has 3 rings (SSSR count). The van der Waals surface area contributed by atoms with Crippen molar-refractivity contribution in [3.8, 4) is 5.75 Å².